The molecule has 0 heterocycles. The first-order valence-corrected chi connectivity index (χ1v) is 5.28. The molecule has 1 aromatic rings. The van der Waals surface area contributed by atoms with Gasteiger partial charge < -0.3 is 5.32 Å². The smallest absolute Gasteiger partial charge is 0.146 e. The average molecular weight is 211 g/mol. The highest BCUT2D eigenvalue weighted by Crippen LogP contribution is 2.30. The summed E-state index contributed by atoms with van der Waals surface area (Å²) < 4.78 is 26.6. The summed E-state index contributed by atoms with van der Waals surface area (Å²) in [5, 5.41) is 3.03. The number of anilines is 1. The van der Waals surface area contributed by atoms with E-state index in [4.69, 9.17) is 0 Å². The van der Waals surface area contributed by atoms with Gasteiger partial charge in [0.25, 0.3) is 0 Å². The highest BCUT2D eigenvalue weighted by Gasteiger charge is 2.25. The van der Waals surface area contributed by atoms with Crippen molar-refractivity contribution in [2.45, 2.75) is 32.7 Å². The average Bonchev–Trinajstić information content (AvgIpc) is 2.11. The van der Waals surface area contributed by atoms with Gasteiger partial charge in [0.1, 0.15) is 11.6 Å². The molecule has 0 bridgehead atoms. The number of hydrogen-bond donors (Lipinski definition) is 1. The zero-order valence-electron chi connectivity index (χ0n) is 8.98. The summed E-state index contributed by atoms with van der Waals surface area (Å²) in [6.45, 7) is 3.72. The van der Waals surface area contributed by atoms with Gasteiger partial charge in [-0.15, -0.1) is 0 Å². The summed E-state index contributed by atoms with van der Waals surface area (Å²) in [5.41, 5.74) is 0.634. The molecule has 0 aliphatic heterocycles. The first kappa shape index (κ1) is 10.4. The largest absolute Gasteiger partial charge is 0.380 e. The fourth-order valence-corrected chi connectivity index (χ4v) is 2.00. The fourth-order valence-electron chi connectivity index (χ4n) is 2.00. The Bertz CT molecular complexity index is 370. The highest BCUT2D eigenvalue weighted by atomic mass is 19.1. The Morgan fingerprint density at radius 1 is 1.20 bits per heavy atom. The summed E-state index contributed by atoms with van der Waals surface area (Å²) in [4.78, 5) is 0. The van der Waals surface area contributed by atoms with Crippen molar-refractivity contribution < 1.29 is 8.78 Å². The van der Waals surface area contributed by atoms with Gasteiger partial charge in [-0.2, -0.15) is 0 Å². The van der Waals surface area contributed by atoms with E-state index in [1.54, 1.807) is 6.92 Å². The number of aryl methyl sites for hydroxylation is 1. The Balaban J connectivity index is 2.11. The molecule has 1 aromatic carbocycles. The molecule has 3 heteroatoms. The topological polar surface area (TPSA) is 12.0 Å². The molecule has 0 radical (unpaired) electrons. The lowest BCUT2D eigenvalue weighted by Gasteiger charge is -2.34. The first-order chi connectivity index (χ1) is 7.06. The Labute approximate surface area is 88.5 Å². The molecule has 0 amide bonds. The number of hydrogen-bond acceptors (Lipinski definition) is 1. The van der Waals surface area contributed by atoms with E-state index >= 15 is 0 Å². The van der Waals surface area contributed by atoms with E-state index in [0.717, 1.165) is 12.8 Å². The molecule has 1 aliphatic carbocycles. The molecular formula is C12H15F2N. The van der Waals surface area contributed by atoms with Crippen LogP contribution in [0.2, 0.25) is 0 Å². The summed E-state index contributed by atoms with van der Waals surface area (Å²) >= 11 is 0. The van der Waals surface area contributed by atoms with E-state index in [1.165, 1.54) is 12.1 Å². The molecule has 0 unspecified atom stereocenters. The van der Waals surface area contributed by atoms with Crippen LogP contribution in [0.3, 0.4) is 0 Å². The van der Waals surface area contributed by atoms with E-state index in [9.17, 15) is 8.78 Å². The quantitative estimate of drug-likeness (QED) is 0.789. The Hall–Kier alpha value is -1.12. The molecule has 1 N–H and O–H groups in total. The van der Waals surface area contributed by atoms with Crippen LogP contribution in [0.25, 0.3) is 0 Å². The first-order valence-electron chi connectivity index (χ1n) is 5.28. The molecule has 82 valence electrons. The van der Waals surface area contributed by atoms with Crippen molar-refractivity contribution in [2.24, 2.45) is 5.92 Å². The molecule has 0 aromatic heterocycles. The van der Waals surface area contributed by atoms with E-state index in [1.807, 2.05) is 0 Å². The lowest BCUT2D eigenvalue weighted by molar-refractivity contribution is 0.308. The van der Waals surface area contributed by atoms with Gasteiger partial charge >= 0.3 is 0 Å². The van der Waals surface area contributed by atoms with Crippen molar-refractivity contribution in [1.29, 1.82) is 0 Å². The van der Waals surface area contributed by atoms with Crippen LogP contribution in [0.4, 0.5) is 14.5 Å². The molecule has 1 aliphatic rings. The third-order valence-electron chi connectivity index (χ3n) is 2.98. The zero-order chi connectivity index (χ0) is 11.0. The van der Waals surface area contributed by atoms with E-state index in [-0.39, 0.29) is 17.3 Å². The van der Waals surface area contributed by atoms with Crippen molar-refractivity contribution in [3.05, 3.63) is 29.3 Å². The van der Waals surface area contributed by atoms with Crippen LogP contribution >= 0.6 is 0 Å². The van der Waals surface area contributed by atoms with Crippen LogP contribution in [0.1, 0.15) is 25.3 Å². The van der Waals surface area contributed by atoms with Crippen LogP contribution < -0.4 is 5.32 Å². The molecule has 2 rings (SSSR count). The second-order valence-electron chi connectivity index (χ2n) is 4.50. The standard InChI is InChI=1S/C12H15F2N/c1-7-3-9(4-7)15-12-6-10(13)8(2)5-11(12)14/h5-7,9,15H,3-4H2,1-2H3. The van der Waals surface area contributed by atoms with Crippen molar-refractivity contribution in [3.63, 3.8) is 0 Å². The second-order valence-corrected chi connectivity index (χ2v) is 4.50. The summed E-state index contributed by atoms with van der Waals surface area (Å²) in [5.74, 6) is -0.0272. The lowest BCUT2D eigenvalue weighted by atomic mass is 9.82. The zero-order valence-corrected chi connectivity index (χ0v) is 8.98. The van der Waals surface area contributed by atoms with Gasteiger partial charge in [-0.3, -0.25) is 0 Å². The normalized spacial score (nSPS) is 24.8. The van der Waals surface area contributed by atoms with E-state index in [0.29, 0.717) is 17.5 Å². The second kappa shape index (κ2) is 3.80. The van der Waals surface area contributed by atoms with Crippen LogP contribution in [0.5, 0.6) is 0 Å². The minimum atomic E-state index is -0.367. The van der Waals surface area contributed by atoms with Gasteiger partial charge in [-0.25, -0.2) is 8.78 Å². The number of nitrogens with one attached hydrogen (secondary N) is 1. The molecular weight excluding hydrogens is 196 g/mol. The third-order valence-corrected chi connectivity index (χ3v) is 2.98. The minimum Gasteiger partial charge on any atom is -0.380 e. The number of halogens is 2. The molecule has 0 spiro atoms. The number of benzene rings is 1. The maximum atomic E-state index is 13.4. The Morgan fingerprint density at radius 3 is 2.47 bits per heavy atom. The van der Waals surface area contributed by atoms with Gasteiger partial charge in [-0.05, 0) is 37.3 Å². The van der Waals surface area contributed by atoms with E-state index in [2.05, 4.69) is 12.2 Å². The lowest BCUT2D eigenvalue weighted by Crippen LogP contribution is -2.34. The van der Waals surface area contributed by atoms with Crippen LogP contribution in [0, 0.1) is 24.5 Å². The van der Waals surface area contributed by atoms with Crippen molar-refractivity contribution >= 4 is 5.69 Å². The summed E-state index contributed by atoms with van der Waals surface area (Å²) in [7, 11) is 0. The maximum absolute atomic E-state index is 13.4. The highest BCUT2D eigenvalue weighted by molar-refractivity contribution is 5.48. The predicted molar refractivity (Wildman–Crippen MR) is 56.9 cm³/mol. The summed E-state index contributed by atoms with van der Waals surface area (Å²) in [6.07, 6.45) is 2.07. The molecule has 0 saturated heterocycles. The summed E-state index contributed by atoms with van der Waals surface area (Å²) in [6, 6.07) is 2.78. The molecule has 1 fully saturated rings. The maximum Gasteiger partial charge on any atom is 0.146 e. The number of rotatable bonds is 2. The Morgan fingerprint density at radius 2 is 1.87 bits per heavy atom. The van der Waals surface area contributed by atoms with Crippen LogP contribution in [-0.4, -0.2) is 6.04 Å². The fraction of sp³-hybridized carbons (Fsp3) is 0.500. The van der Waals surface area contributed by atoms with Gasteiger partial charge in [0.15, 0.2) is 0 Å². The predicted octanol–water partition coefficient (Wildman–Crippen LogP) is 3.48. The molecule has 0 atom stereocenters. The molecule has 1 saturated carbocycles. The van der Waals surface area contributed by atoms with Crippen molar-refractivity contribution in [1.82, 2.24) is 0 Å². The molecule has 1 nitrogen and oxygen atoms in total. The molecule has 15 heavy (non-hydrogen) atoms. The van der Waals surface area contributed by atoms with Gasteiger partial charge in [0, 0.05) is 12.1 Å². The van der Waals surface area contributed by atoms with Crippen molar-refractivity contribution in [2.75, 3.05) is 5.32 Å². The van der Waals surface area contributed by atoms with Crippen molar-refractivity contribution in [3.8, 4) is 0 Å². The SMILES string of the molecule is Cc1cc(F)c(NC2CC(C)C2)cc1F. The van der Waals surface area contributed by atoms with Gasteiger partial charge in [-0.1, -0.05) is 6.92 Å². The minimum absolute atomic E-state index is 0.287. The van der Waals surface area contributed by atoms with Gasteiger partial charge in [0.2, 0.25) is 0 Å². The Kier molecular flexibility index (Phi) is 2.63. The van der Waals surface area contributed by atoms with Gasteiger partial charge in [0.05, 0.1) is 5.69 Å². The van der Waals surface area contributed by atoms with Crippen LogP contribution in [-0.2, 0) is 0 Å². The monoisotopic (exact) mass is 211 g/mol. The third kappa shape index (κ3) is 2.11. The van der Waals surface area contributed by atoms with E-state index < -0.39 is 0 Å². The van der Waals surface area contributed by atoms with Crippen LogP contribution in [0.15, 0.2) is 12.1 Å².